The zero-order valence-corrected chi connectivity index (χ0v) is 16.9. The Hall–Kier alpha value is -2.59. The van der Waals surface area contributed by atoms with Crippen molar-refractivity contribution in [2.24, 2.45) is 0 Å². The number of benzene rings is 2. The molecule has 0 aliphatic rings. The molecule has 0 atom stereocenters. The lowest BCUT2D eigenvalue weighted by atomic mass is 10.3. The Labute approximate surface area is 170 Å². The van der Waals surface area contributed by atoms with Gasteiger partial charge in [0.05, 0.1) is 11.2 Å². The summed E-state index contributed by atoms with van der Waals surface area (Å²) in [6.07, 6.45) is 4.39. The molecule has 0 aliphatic carbocycles. The molecule has 3 aromatic rings. The van der Waals surface area contributed by atoms with Crippen LogP contribution in [0.3, 0.4) is 0 Å². The number of furan rings is 1. The third-order valence-corrected chi connectivity index (χ3v) is 5.59. The summed E-state index contributed by atoms with van der Waals surface area (Å²) in [6, 6.07) is 16.4. The number of anilines is 2. The zero-order chi connectivity index (χ0) is 19.3. The lowest BCUT2D eigenvalue weighted by Crippen LogP contribution is -2.13. The van der Waals surface area contributed by atoms with Crippen LogP contribution in [0, 0.1) is 3.57 Å². The minimum absolute atomic E-state index is 0.102. The van der Waals surface area contributed by atoms with E-state index in [1.54, 1.807) is 30.3 Å². The van der Waals surface area contributed by atoms with Crippen molar-refractivity contribution in [1.82, 2.24) is 0 Å². The molecule has 27 heavy (non-hydrogen) atoms. The molecule has 2 N–H and O–H groups in total. The highest BCUT2D eigenvalue weighted by Crippen LogP contribution is 2.19. The van der Waals surface area contributed by atoms with Gasteiger partial charge in [0.1, 0.15) is 5.76 Å². The van der Waals surface area contributed by atoms with Gasteiger partial charge in [0.15, 0.2) is 0 Å². The summed E-state index contributed by atoms with van der Waals surface area (Å²) in [6.45, 7) is 0. The minimum Gasteiger partial charge on any atom is -0.465 e. The van der Waals surface area contributed by atoms with Gasteiger partial charge in [0, 0.05) is 21.0 Å². The number of sulfonamides is 1. The maximum Gasteiger partial charge on any atom is 0.261 e. The van der Waals surface area contributed by atoms with Crippen LogP contribution < -0.4 is 10.0 Å². The first-order chi connectivity index (χ1) is 12.9. The Morgan fingerprint density at radius 3 is 2.26 bits per heavy atom. The molecule has 0 saturated heterocycles. The quantitative estimate of drug-likeness (QED) is 0.395. The summed E-state index contributed by atoms with van der Waals surface area (Å²) < 4.78 is 33.5. The summed E-state index contributed by atoms with van der Waals surface area (Å²) in [5.41, 5.74) is 0.966. The Kier molecular flexibility index (Phi) is 5.97. The fraction of sp³-hybridized carbons (Fsp3) is 0. The Bertz CT molecular complexity index is 1040. The summed E-state index contributed by atoms with van der Waals surface area (Å²) in [5, 5.41) is 2.66. The Morgan fingerprint density at radius 1 is 0.963 bits per heavy atom. The van der Waals surface area contributed by atoms with Gasteiger partial charge in [-0.2, -0.15) is 0 Å². The van der Waals surface area contributed by atoms with E-state index in [9.17, 15) is 13.2 Å². The standard InChI is InChI=1S/C19H15IN2O4S/c20-14-3-5-16(6-4-14)22-27(24,25)18-10-7-15(8-11-18)21-19(23)12-9-17-2-1-13-26-17/h1-13,22H,(H,21,23)/b12-9+. The van der Waals surface area contributed by atoms with Crippen LogP contribution >= 0.6 is 22.6 Å². The van der Waals surface area contributed by atoms with Gasteiger partial charge in [-0.15, -0.1) is 0 Å². The maximum absolute atomic E-state index is 12.4. The molecule has 0 aliphatic heterocycles. The SMILES string of the molecule is O=C(/C=C/c1ccco1)Nc1ccc(S(=O)(=O)Nc2ccc(I)cc2)cc1. The highest BCUT2D eigenvalue weighted by atomic mass is 127. The van der Waals surface area contributed by atoms with Crippen LogP contribution in [-0.4, -0.2) is 14.3 Å². The van der Waals surface area contributed by atoms with E-state index in [2.05, 4.69) is 32.6 Å². The van der Waals surface area contributed by atoms with E-state index in [0.717, 1.165) is 3.57 Å². The van der Waals surface area contributed by atoms with Crippen molar-refractivity contribution in [3.8, 4) is 0 Å². The molecule has 3 rings (SSSR count). The molecule has 1 amide bonds. The first-order valence-corrected chi connectivity index (χ1v) is 10.4. The molecule has 2 aromatic carbocycles. The lowest BCUT2D eigenvalue weighted by molar-refractivity contribution is -0.111. The van der Waals surface area contributed by atoms with Gasteiger partial charge in [0.2, 0.25) is 5.91 Å². The van der Waals surface area contributed by atoms with Crippen molar-refractivity contribution in [1.29, 1.82) is 0 Å². The summed E-state index contributed by atoms with van der Waals surface area (Å²) in [4.78, 5) is 12.0. The van der Waals surface area contributed by atoms with E-state index in [1.165, 1.54) is 36.6 Å². The van der Waals surface area contributed by atoms with Crippen LogP contribution in [0.1, 0.15) is 5.76 Å². The molecule has 0 spiro atoms. The van der Waals surface area contributed by atoms with Crippen LogP contribution in [0.5, 0.6) is 0 Å². The van der Waals surface area contributed by atoms with E-state index in [0.29, 0.717) is 17.1 Å². The number of halogens is 1. The molecular weight excluding hydrogens is 479 g/mol. The second kappa shape index (κ2) is 8.40. The van der Waals surface area contributed by atoms with Gasteiger partial charge in [0.25, 0.3) is 10.0 Å². The van der Waals surface area contributed by atoms with Gasteiger partial charge in [-0.3, -0.25) is 9.52 Å². The molecule has 0 bridgehead atoms. The van der Waals surface area contributed by atoms with Crippen molar-refractivity contribution in [3.63, 3.8) is 0 Å². The number of rotatable bonds is 6. The molecule has 0 fully saturated rings. The van der Waals surface area contributed by atoms with Crippen molar-refractivity contribution in [3.05, 3.63) is 82.3 Å². The molecule has 1 heterocycles. The molecule has 0 radical (unpaired) electrons. The van der Waals surface area contributed by atoms with E-state index < -0.39 is 10.0 Å². The fourth-order valence-corrected chi connectivity index (χ4v) is 3.60. The third-order valence-electron chi connectivity index (χ3n) is 3.47. The highest BCUT2D eigenvalue weighted by molar-refractivity contribution is 14.1. The fourth-order valence-electron chi connectivity index (χ4n) is 2.18. The minimum atomic E-state index is -3.70. The van der Waals surface area contributed by atoms with Crippen molar-refractivity contribution in [2.45, 2.75) is 4.90 Å². The van der Waals surface area contributed by atoms with Crippen LogP contribution in [0.15, 0.2) is 82.3 Å². The number of hydrogen-bond acceptors (Lipinski definition) is 4. The van der Waals surface area contributed by atoms with Gasteiger partial charge >= 0.3 is 0 Å². The van der Waals surface area contributed by atoms with Gasteiger partial charge in [-0.1, -0.05) is 0 Å². The Balaban J connectivity index is 1.65. The molecular formula is C19H15IN2O4S. The van der Waals surface area contributed by atoms with E-state index >= 15 is 0 Å². The number of carbonyl (C=O) groups is 1. The van der Waals surface area contributed by atoms with Crippen LogP contribution in [0.25, 0.3) is 6.08 Å². The first-order valence-electron chi connectivity index (χ1n) is 7.83. The zero-order valence-electron chi connectivity index (χ0n) is 13.9. The van der Waals surface area contributed by atoms with E-state index in [4.69, 9.17) is 4.42 Å². The van der Waals surface area contributed by atoms with Gasteiger partial charge in [-0.25, -0.2) is 8.42 Å². The second-order valence-corrected chi connectivity index (χ2v) is 8.40. The summed E-state index contributed by atoms with van der Waals surface area (Å²) in [7, 11) is -3.70. The number of hydrogen-bond donors (Lipinski definition) is 2. The highest BCUT2D eigenvalue weighted by Gasteiger charge is 2.14. The Morgan fingerprint density at radius 2 is 1.63 bits per heavy atom. The van der Waals surface area contributed by atoms with E-state index in [-0.39, 0.29) is 10.8 Å². The lowest BCUT2D eigenvalue weighted by Gasteiger charge is -2.09. The number of nitrogens with one attached hydrogen (secondary N) is 2. The average molecular weight is 494 g/mol. The summed E-state index contributed by atoms with van der Waals surface area (Å²) in [5.74, 6) is 0.215. The smallest absolute Gasteiger partial charge is 0.261 e. The number of amides is 1. The van der Waals surface area contributed by atoms with Crippen LogP contribution in [0.2, 0.25) is 0 Å². The molecule has 0 unspecified atom stereocenters. The van der Waals surface area contributed by atoms with Crippen LogP contribution in [0.4, 0.5) is 11.4 Å². The monoisotopic (exact) mass is 494 g/mol. The van der Waals surface area contributed by atoms with Gasteiger partial charge < -0.3 is 9.73 Å². The third kappa shape index (κ3) is 5.44. The summed E-state index contributed by atoms with van der Waals surface area (Å²) >= 11 is 2.15. The normalized spacial score (nSPS) is 11.4. The number of carbonyl (C=O) groups excluding carboxylic acids is 1. The molecule has 0 saturated carbocycles. The van der Waals surface area contributed by atoms with Crippen molar-refractivity contribution in [2.75, 3.05) is 10.0 Å². The average Bonchev–Trinajstić information content (AvgIpc) is 3.16. The molecule has 6 nitrogen and oxygen atoms in total. The van der Waals surface area contributed by atoms with E-state index in [1.807, 2.05) is 12.1 Å². The van der Waals surface area contributed by atoms with Crippen LogP contribution in [-0.2, 0) is 14.8 Å². The molecule has 1 aromatic heterocycles. The predicted octanol–water partition coefficient (Wildman–Crippen LogP) is 4.34. The van der Waals surface area contributed by atoms with Gasteiger partial charge in [-0.05, 0) is 89.3 Å². The predicted molar refractivity (Wildman–Crippen MR) is 113 cm³/mol. The topological polar surface area (TPSA) is 88.4 Å². The second-order valence-electron chi connectivity index (χ2n) is 5.47. The molecule has 8 heteroatoms. The molecule has 138 valence electrons. The largest absolute Gasteiger partial charge is 0.465 e. The van der Waals surface area contributed by atoms with Crippen molar-refractivity contribution >= 4 is 56.0 Å². The maximum atomic E-state index is 12.4. The first kappa shape index (κ1) is 19.2. The van der Waals surface area contributed by atoms with Crippen molar-refractivity contribution < 1.29 is 17.6 Å².